The van der Waals surface area contributed by atoms with E-state index in [4.69, 9.17) is 22.1 Å². The molecule has 3 N–H and O–H groups in total. The maximum absolute atomic E-state index is 6.23. The van der Waals surface area contributed by atoms with E-state index in [1.54, 1.807) is 19.4 Å². The molecule has 4 nitrogen and oxygen atoms in total. The summed E-state index contributed by atoms with van der Waals surface area (Å²) in [6.07, 6.45) is 1.72. The van der Waals surface area contributed by atoms with Gasteiger partial charge in [0.15, 0.2) is 0 Å². The third-order valence-electron chi connectivity index (χ3n) is 3.25. The van der Waals surface area contributed by atoms with E-state index in [-0.39, 0.29) is 0 Å². The molecule has 0 bridgehead atoms. The molecule has 0 atom stereocenters. The van der Waals surface area contributed by atoms with Crippen molar-refractivity contribution in [3.8, 4) is 5.75 Å². The maximum atomic E-state index is 6.23. The summed E-state index contributed by atoms with van der Waals surface area (Å²) < 4.78 is 5.22. The lowest BCUT2D eigenvalue weighted by Crippen LogP contribution is -1.96. The summed E-state index contributed by atoms with van der Waals surface area (Å²) in [5.74, 6) is 0.736. The Hall–Kier alpha value is -2.46. The molecule has 1 heterocycles. The van der Waals surface area contributed by atoms with Crippen molar-refractivity contribution in [1.82, 2.24) is 4.98 Å². The number of hydrogen-bond donors (Lipinski definition) is 2. The first-order valence-corrected chi connectivity index (χ1v) is 6.80. The molecular weight excluding hydrogens is 286 g/mol. The minimum absolute atomic E-state index is 0.615. The highest BCUT2D eigenvalue weighted by Crippen LogP contribution is 2.33. The Morgan fingerprint density at radius 3 is 2.81 bits per heavy atom. The van der Waals surface area contributed by atoms with E-state index in [0.29, 0.717) is 10.7 Å². The number of benzene rings is 2. The van der Waals surface area contributed by atoms with Gasteiger partial charge in [-0.1, -0.05) is 23.7 Å². The molecule has 0 saturated heterocycles. The van der Waals surface area contributed by atoms with Crippen LogP contribution in [0.3, 0.4) is 0 Å². The Morgan fingerprint density at radius 2 is 2.00 bits per heavy atom. The Kier molecular flexibility index (Phi) is 3.54. The fourth-order valence-corrected chi connectivity index (χ4v) is 2.34. The molecule has 0 amide bonds. The first-order valence-electron chi connectivity index (χ1n) is 6.43. The van der Waals surface area contributed by atoms with Gasteiger partial charge in [0.2, 0.25) is 0 Å². The number of fused-ring (bicyclic) bond motifs is 1. The van der Waals surface area contributed by atoms with E-state index in [0.717, 1.165) is 28.0 Å². The van der Waals surface area contributed by atoms with E-state index >= 15 is 0 Å². The summed E-state index contributed by atoms with van der Waals surface area (Å²) >= 11 is 6.23. The van der Waals surface area contributed by atoms with Crippen molar-refractivity contribution in [1.29, 1.82) is 0 Å². The van der Waals surface area contributed by atoms with Gasteiger partial charge in [-0.25, -0.2) is 0 Å². The number of para-hydroxylation sites is 1. The lowest BCUT2D eigenvalue weighted by atomic mass is 10.1. The summed E-state index contributed by atoms with van der Waals surface area (Å²) in [5.41, 5.74) is 9.03. The van der Waals surface area contributed by atoms with Crippen molar-refractivity contribution < 1.29 is 4.74 Å². The Labute approximate surface area is 127 Å². The fraction of sp³-hybridized carbons (Fsp3) is 0.0625. The molecule has 21 heavy (non-hydrogen) atoms. The number of pyridine rings is 1. The molecule has 0 unspecified atom stereocenters. The number of nitrogens with one attached hydrogen (secondary N) is 1. The van der Waals surface area contributed by atoms with Gasteiger partial charge in [0, 0.05) is 23.3 Å². The molecule has 3 aromatic rings. The number of methoxy groups -OCH3 is 1. The number of nitrogen functional groups attached to an aromatic ring is 1. The van der Waals surface area contributed by atoms with Gasteiger partial charge in [-0.15, -0.1) is 0 Å². The molecule has 0 aliphatic carbocycles. The Balaban J connectivity index is 2.08. The zero-order valence-electron chi connectivity index (χ0n) is 11.4. The summed E-state index contributed by atoms with van der Waals surface area (Å²) in [5, 5.41) is 4.87. The van der Waals surface area contributed by atoms with Gasteiger partial charge in [-0.3, -0.25) is 4.98 Å². The van der Waals surface area contributed by atoms with Crippen molar-refractivity contribution >= 4 is 39.6 Å². The van der Waals surface area contributed by atoms with Crippen LogP contribution in [0.15, 0.2) is 48.7 Å². The summed E-state index contributed by atoms with van der Waals surface area (Å²) in [4.78, 5) is 4.32. The normalized spacial score (nSPS) is 10.6. The highest BCUT2D eigenvalue weighted by Gasteiger charge is 2.07. The third-order valence-corrected chi connectivity index (χ3v) is 3.57. The van der Waals surface area contributed by atoms with Crippen LogP contribution < -0.4 is 15.8 Å². The average Bonchev–Trinajstić information content (AvgIpc) is 2.50. The smallest absolute Gasteiger partial charge is 0.121 e. The monoisotopic (exact) mass is 299 g/mol. The summed E-state index contributed by atoms with van der Waals surface area (Å²) in [6, 6.07) is 13.0. The molecule has 0 fully saturated rings. The van der Waals surface area contributed by atoms with E-state index in [1.165, 1.54) is 0 Å². The molecule has 0 spiro atoms. The molecule has 0 aliphatic rings. The molecule has 106 valence electrons. The maximum Gasteiger partial charge on any atom is 0.121 e. The van der Waals surface area contributed by atoms with Gasteiger partial charge in [-0.2, -0.15) is 0 Å². The molecule has 5 heteroatoms. The van der Waals surface area contributed by atoms with Crippen LogP contribution in [0.1, 0.15) is 0 Å². The standard InChI is InChI=1S/C16H14ClN3O/c1-21-10-5-6-12(17)15(9-10)20-14-7-8-19-16-11(14)3-2-4-13(16)18/h2-9H,18H2,1H3,(H,19,20). The lowest BCUT2D eigenvalue weighted by Gasteiger charge is -2.12. The van der Waals surface area contributed by atoms with Gasteiger partial charge in [0.25, 0.3) is 0 Å². The van der Waals surface area contributed by atoms with Gasteiger partial charge >= 0.3 is 0 Å². The summed E-state index contributed by atoms with van der Waals surface area (Å²) in [7, 11) is 1.62. The summed E-state index contributed by atoms with van der Waals surface area (Å²) in [6.45, 7) is 0. The molecule has 0 saturated carbocycles. The minimum Gasteiger partial charge on any atom is -0.497 e. The van der Waals surface area contributed by atoms with Crippen LogP contribution >= 0.6 is 11.6 Å². The van der Waals surface area contributed by atoms with Crippen LogP contribution in [-0.2, 0) is 0 Å². The van der Waals surface area contributed by atoms with Gasteiger partial charge in [0.1, 0.15) is 5.75 Å². The molecular formula is C16H14ClN3O. The number of nitrogens with zero attached hydrogens (tertiary/aromatic N) is 1. The lowest BCUT2D eigenvalue weighted by molar-refractivity contribution is 0.415. The molecule has 1 aromatic heterocycles. The topological polar surface area (TPSA) is 60.2 Å². The molecule has 0 aliphatic heterocycles. The van der Waals surface area contributed by atoms with Crippen LogP contribution in [0.4, 0.5) is 17.1 Å². The van der Waals surface area contributed by atoms with E-state index < -0.39 is 0 Å². The van der Waals surface area contributed by atoms with Crippen LogP contribution in [0, 0.1) is 0 Å². The number of nitrogens with two attached hydrogens (primary N) is 1. The number of ether oxygens (including phenoxy) is 1. The zero-order chi connectivity index (χ0) is 14.8. The van der Waals surface area contributed by atoms with Gasteiger partial charge in [-0.05, 0) is 24.3 Å². The highest BCUT2D eigenvalue weighted by atomic mass is 35.5. The van der Waals surface area contributed by atoms with E-state index in [9.17, 15) is 0 Å². The molecule has 0 radical (unpaired) electrons. The quantitative estimate of drug-likeness (QED) is 0.711. The Morgan fingerprint density at radius 1 is 1.14 bits per heavy atom. The van der Waals surface area contributed by atoms with E-state index in [1.807, 2.05) is 36.4 Å². The predicted molar refractivity (Wildman–Crippen MR) is 87.4 cm³/mol. The first-order chi connectivity index (χ1) is 10.2. The third kappa shape index (κ3) is 2.58. The zero-order valence-corrected chi connectivity index (χ0v) is 12.2. The second kappa shape index (κ2) is 5.50. The predicted octanol–water partition coefficient (Wildman–Crippen LogP) is 4.22. The largest absolute Gasteiger partial charge is 0.497 e. The highest BCUT2D eigenvalue weighted by molar-refractivity contribution is 6.33. The fourth-order valence-electron chi connectivity index (χ4n) is 2.18. The first kappa shape index (κ1) is 13.5. The van der Waals surface area contributed by atoms with Crippen LogP contribution in [-0.4, -0.2) is 12.1 Å². The average molecular weight is 300 g/mol. The number of halogens is 1. The van der Waals surface area contributed by atoms with Gasteiger partial charge in [0.05, 0.1) is 29.0 Å². The van der Waals surface area contributed by atoms with Crippen molar-refractivity contribution in [2.45, 2.75) is 0 Å². The minimum atomic E-state index is 0.615. The number of anilines is 3. The van der Waals surface area contributed by atoms with E-state index in [2.05, 4.69) is 10.3 Å². The van der Waals surface area contributed by atoms with Crippen LogP contribution in [0.5, 0.6) is 5.75 Å². The number of rotatable bonds is 3. The SMILES string of the molecule is COc1ccc(Cl)c(Nc2ccnc3c(N)cccc23)c1. The second-order valence-electron chi connectivity index (χ2n) is 4.57. The molecule has 3 rings (SSSR count). The van der Waals surface area contributed by atoms with Crippen molar-refractivity contribution in [3.63, 3.8) is 0 Å². The number of aromatic nitrogens is 1. The second-order valence-corrected chi connectivity index (χ2v) is 4.98. The van der Waals surface area contributed by atoms with Gasteiger partial charge < -0.3 is 15.8 Å². The van der Waals surface area contributed by atoms with Crippen LogP contribution in [0.25, 0.3) is 10.9 Å². The van der Waals surface area contributed by atoms with Crippen molar-refractivity contribution in [2.75, 3.05) is 18.2 Å². The van der Waals surface area contributed by atoms with Crippen molar-refractivity contribution in [3.05, 3.63) is 53.7 Å². The van der Waals surface area contributed by atoms with Crippen molar-refractivity contribution in [2.24, 2.45) is 0 Å². The van der Waals surface area contributed by atoms with Crippen LogP contribution in [0.2, 0.25) is 5.02 Å². The Bertz CT molecular complexity index is 805. The molecule has 2 aromatic carbocycles. The number of hydrogen-bond acceptors (Lipinski definition) is 4.